The normalized spacial score (nSPS) is 26.3. The number of hydrogen-bond acceptors (Lipinski definition) is 5. The molecule has 2 heterocycles. The molecule has 2 aliphatic heterocycles. The van der Waals surface area contributed by atoms with Gasteiger partial charge in [0.2, 0.25) is 0 Å². The largest absolute Gasteiger partial charge is 0.497 e. The van der Waals surface area contributed by atoms with Crippen LogP contribution in [0.4, 0.5) is 0 Å². The number of rotatable bonds is 3. The number of benzene rings is 1. The summed E-state index contributed by atoms with van der Waals surface area (Å²) in [5.74, 6) is 0.817. The molecule has 1 aromatic rings. The molecule has 0 saturated heterocycles. The van der Waals surface area contributed by atoms with Crippen LogP contribution in [0.3, 0.4) is 0 Å². The molecular formula is C14H16N2O2S. The highest BCUT2D eigenvalue weighted by Crippen LogP contribution is 2.40. The van der Waals surface area contributed by atoms with Gasteiger partial charge in [-0.2, -0.15) is 0 Å². The van der Waals surface area contributed by atoms with Gasteiger partial charge in [-0.25, -0.2) is 0 Å². The van der Waals surface area contributed by atoms with Gasteiger partial charge in [0.1, 0.15) is 11.8 Å². The van der Waals surface area contributed by atoms with Gasteiger partial charge < -0.3 is 14.7 Å². The Morgan fingerprint density at radius 2 is 2.32 bits per heavy atom. The SMILES string of the molecule is COc1cccc(C2N=C3SC=CN3C2C(C)O)c1. The van der Waals surface area contributed by atoms with Gasteiger partial charge in [-0.3, -0.25) is 4.99 Å². The minimum Gasteiger partial charge on any atom is -0.497 e. The number of aliphatic hydroxyl groups is 1. The van der Waals surface area contributed by atoms with Crippen LogP contribution in [0.2, 0.25) is 0 Å². The summed E-state index contributed by atoms with van der Waals surface area (Å²) in [4.78, 5) is 6.78. The lowest BCUT2D eigenvalue weighted by Crippen LogP contribution is -2.39. The molecule has 0 bridgehead atoms. The highest BCUT2D eigenvalue weighted by atomic mass is 32.2. The van der Waals surface area contributed by atoms with Crippen LogP contribution in [0.25, 0.3) is 0 Å². The topological polar surface area (TPSA) is 45.1 Å². The Kier molecular flexibility index (Phi) is 3.24. The highest BCUT2D eigenvalue weighted by molar-refractivity contribution is 8.16. The molecule has 4 nitrogen and oxygen atoms in total. The number of fused-ring (bicyclic) bond motifs is 1. The van der Waals surface area contributed by atoms with Crippen LogP contribution in [0, 0.1) is 0 Å². The van der Waals surface area contributed by atoms with Crippen molar-refractivity contribution in [1.29, 1.82) is 0 Å². The molecule has 0 amide bonds. The van der Waals surface area contributed by atoms with E-state index in [4.69, 9.17) is 9.73 Å². The van der Waals surface area contributed by atoms with Crippen molar-refractivity contribution in [2.75, 3.05) is 7.11 Å². The van der Waals surface area contributed by atoms with Gasteiger partial charge in [0.15, 0.2) is 5.17 Å². The molecule has 0 radical (unpaired) electrons. The number of thioether (sulfide) groups is 1. The maximum atomic E-state index is 10.1. The number of ether oxygens (including phenoxy) is 1. The van der Waals surface area contributed by atoms with E-state index in [9.17, 15) is 5.11 Å². The molecule has 100 valence electrons. The predicted octanol–water partition coefficient (Wildman–Crippen LogP) is 2.38. The smallest absolute Gasteiger partial charge is 0.168 e. The molecular weight excluding hydrogens is 260 g/mol. The van der Waals surface area contributed by atoms with Crippen molar-refractivity contribution < 1.29 is 9.84 Å². The number of hydrogen-bond donors (Lipinski definition) is 1. The van der Waals surface area contributed by atoms with Gasteiger partial charge in [-0.05, 0) is 30.0 Å². The van der Waals surface area contributed by atoms with Crippen LogP contribution >= 0.6 is 11.8 Å². The summed E-state index contributed by atoms with van der Waals surface area (Å²) in [6, 6.07) is 7.79. The number of methoxy groups -OCH3 is 1. The van der Waals surface area contributed by atoms with Crippen LogP contribution < -0.4 is 4.74 Å². The van der Waals surface area contributed by atoms with Crippen LogP contribution in [0.15, 0.2) is 40.9 Å². The second kappa shape index (κ2) is 4.90. The van der Waals surface area contributed by atoms with E-state index in [0.717, 1.165) is 16.5 Å². The van der Waals surface area contributed by atoms with E-state index in [1.807, 2.05) is 42.8 Å². The van der Waals surface area contributed by atoms with E-state index in [2.05, 4.69) is 4.90 Å². The molecule has 5 heteroatoms. The molecule has 1 N–H and O–H groups in total. The Morgan fingerprint density at radius 1 is 1.47 bits per heavy atom. The van der Waals surface area contributed by atoms with Crippen molar-refractivity contribution in [2.24, 2.45) is 4.99 Å². The first-order chi connectivity index (χ1) is 9.20. The van der Waals surface area contributed by atoms with E-state index in [1.54, 1.807) is 18.9 Å². The summed E-state index contributed by atoms with van der Waals surface area (Å²) in [6.07, 6.45) is 1.53. The Bertz CT molecular complexity index is 542. The summed E-state index contributed by atoms with van der Waals surface area (Å²) in [6.45, 7) is 1.81. The first-order valence-electron chi connectivity index (χ1n) is 6.22. The number of aliphatic hydroxyl groups excluding tert-OH is 1. The lowest BCUT2D eigenvalue weighted by molar-refractivity contribution is 0.113. The van der Waals surface area contributed by atoms with E-state index in [0.29, 0.717) is 0 Å². The van der Waals surface area contributed by atoms with Crippen molar-refractivity contribution in [3.8, 4) is 5.75 Å². The molecule has 19 heavy (non-hydrogen) atoms. The number of amidine groups is 1. The Balaban J connectivity index is 1.96. The average Bonchev–Trinajstić information content (AvgIpc) is 2.98. The predicted molar refractivity (Wildman–Crippen MR) is 77.2 cm³/mol. The summed E-state index contributed by atoms with van der Waals surface area (Å²) in [7, 11) is 1.66. The van der Waals surface area contributed by atoms with Crippen LogP contribution in [-0.4, -0.2) is 34.4 Å². The van der Waals surface area contributed by atoms with Crippen LogP contribution in [0.5, 0.6) is 5.75 Å². The standard InChI is InChI=1S/C14H16N2O2S/c1-9(17)13-12(15-14-16(13)6-7-19-14)10-4-3-5-11(8-10)18-2/h3-9,12-13,17H,1-2H3. The van der Waals surface area contributed by atoms with Crippen molar-refractivity contribution in [2.45, 2.75) is 25.1 Å². The monoisotopic (exact) mass is 276 g/mol. The Morgan fingerprint density at radius 3 is 3.05 bits per heavy atom. The molecule has 1 aromatic carbocycles. The summed E-state index contributed by atoms with van der Waals surface area (Å²) >= 11 is 1.60. The minimum atomic E-state index is -0.458. The fourth-order valence-electron chi connectivity index (χ4n) is 2.55. The van der Waals surface area contributed by atoms with Crippen molar-refractivity contribution >= 4 is 16.9 Å². The Hall–Kier alpha value is -1.46. The second-order valence-electron chi connectivity index (χ2n) is 4.67. The van der Waals surface area contributed by atoms with Crippen LogP contribution in [-0.2, 0) is 0 Å². The molecule has 0 aromatic heterocycles. The highest BCUT2D eigenvalue weighted by Gasteiger charge is 2.40. The summed E-state index contributed by atoms with van der Waals surface area (Å²) < 4.78 is 5.26. The third-order valence-electron chi connectivity index (χ3n) is 3.44. The van der Waals surface area contributed by atoms with Crippen LogP contribution in [0.1, 0.15) is 18.5 Å². The van der Waals surface area contributed by atoms with Gasteiger partial charge >= 0.3 is 0 Å². The van der Waals surface area contributed by atoms with Gasteiger partial charge in [0.05, 0.1) is 19.3 Å². The Labute approximate surface area is 116 Å². The van der Waals surface area contributed by atoms with Gasteiger partial charge in [0.25, 0.3) is 0 Å². The summed E-state index contributed by atoms with van der Waals surface area (Å²) in [5, 5.41) is 13.0. The van der Waals surface area contributed by atoms with Crippen molar-refractivity contribution in [3.05, 3.63) is 41.4 Å². The molecule has 0 fully saturated rings. The molecule has 3 unspecified atom stereocenters. The van der Waals surface area contributed by atoms with E-state index >= 15 is 0 Å². The third kappa shape index (κ3) is 2.13. The van der Waals surface area contributed by atoms with Crippen molar-refractivity contribution in [1.82, 2.24) is 4.90 Å². The van der Waals surface area contributed by atoms with Gasteiger partial charge in [-0.15, -0.1) is 0 Å². The first-order valence-corrected chi connectivity index (χ1v) is 7.10. The van der Waals surface area contributed by atoms with Crippen molar-refractivity contribution in [3.63, 3.8) is 0 Å². The maximum Gasteiger partial charge on any atom is 0.168 e. The number of nitrogens with zero attached hydrogens (tertiary/aromatic N) is 2. The fraction of sp³-hybridized carbons (Fsp3) is 0.357. The zero-order valence-electron chi connectivity index (χ0n) is 10.9. The molecule has 3 rings (SSSR count). The average molecular weight is 276 g/mol. The molecule has 0 spiro atoms. The van der Waals surface area contributed by atoms with E-state index in [1.165, 1.54) is 0 Å². The lowest BCUT2D eigenvalue weighted by Gasteiger charge is -2.27. The van der Waals surface area contributed by atoms with E-state index < -0.39 is 6.10 Å². The molecule has 2 aliphatic rings. The minimum absolute atomic E-state index is 0.0478. The zero-order chi connectivity index (χ0) is 13.4. The van der Waals surface area contributed by atoms with E-state index in [-0.39, 0.29) is 12.1 Å². The zero-order valence-corrected chi connectivity index (χ0v) is 11.7. The summed E-state index contributed by atoms with van der Waals surface area (Å²) in [5.41, 5.74) is 1.07. The van der Waals surface area contributed by atoms with Gasteiger partial charge in [-0.1, -0.05) is 23.9 Å². The fourth-order valence-corrected chi connectivity index (χ4v) is 3.34. The number of aliphatic imine (C=N–C) groups is 1. The quantitative estimate of drug-likeness (QED) is 0.920. The molecule has 0 saturated carbocycles. The maximum absolute atomic E-state index is 10.1. The molecule has 0 aliphatic carbocycles. The molecule has 3 atom stereocenters. The lowest BCUT2D eigenvalue weighted by atomic mass is 9.96. The second-order valence-corrected chi connectivity index (χ2v) is 5.55. The third-order valence-corrected chi connectivity index (χ3v) is 4.22. The first kappa shape index (κ1) is 12.6. The van der Waals surface area contributed by atoms with Gasteiger partial charge in [0, 0.05) is 6.20 Å².